The molecule has 0 N–H and O–H groups in total. The summed E-state index contributed by atoms with van der Waals surface area (Å²) in [5.74, 6) is 1.53. The first-order valence-corrected chi connectivity index (χ1v) is 11.8. The molecule has 0 bridgehead atoms. The smallest absolute Gasteiger partial charge is 0.242 e. The molecule has 0 spiro atoms. The highest BCUT2D eigenvalue weighted by Gasteiger charge is 2.34. The van der Waals surface area contributed by atoms with Gasteiger partial charge in [-0.2, -0.15) is 0 Å². The van der Waals surface area contributed by atoms with Crippen LogP contribution < -0.4 is 4.90 Å². The minimum absolute atomic E-state index is 0.00582. The molecule has 3 amide bonds. The number of nitrogens with zero attached hydrogens (tertiary/aromatic N) is 5. The van der Waals surface area contributed by atoms with Gasteiger partial charge < -0.3 is 9.80 Å². The van der Waals surface area contributed by atoms with Gasteiger partial charge in [-0.15, -0.1) is 0 Å². The first kappa shape index (κ1) is 21.6. The maximum Gasteiger partial charge on any atom is 0.242 e. The quantitative estimate of drug-likeness (QED) is 0.701. The molecule has 3 aliphatic rings. The molecular weight excluding hydrogens is 418 g/mol. The molecule has 172 valence electrons. The van der Waals surface area contributed by atoms with Crippen molar-refractivity contribution in [2.45, 2.75) is 51.5 Å². The number of anilines is 1. The Morgan fingerprint density at radius 2 is 1.88 bits per heavy atom. The third kappa shape index (κ3) is 4.34. The van der Waals surface area contributed by atoms with E-state index in [0.29, 0.717) is 50.7 Å². The molecule has 1 aromatic carbocycles. The summed E-state index contributed by atoms with van der Waals surface area (Å²) in [6.07, 6.45) is 3.47. The number of aryl methyl sites for hydroxylation is 1. The molecule has 0 unspecified atom stereocenters. The molecule has 1 atom stereocenters. The molecule has 0 radical (unpaired) electrons. The van der Waals surface area contributed by atoms with Crippen molar-refractivity contribution in [3.63, 3.8) is 0 Å². The van der Waals surface area contributed by atoms with Gasteiger partial charge in [0.05, 0.1) is 19.5 Å². The monoisotopic (exact) mass is 447 g/mol. The molecule has 1 aromatic heterocycles. The van der Waals surface area contributed by atoms with Crippen LogP contribution in [0.5, 0.6) is 0 Å². The standard InChI is InChI=1S/C25H29N5O3/c1-17-20-13-22(32)30(14-18-7-3-2-4-8-18)25(20)27-24(26-17)19-9-5-11-28(15-19)23(33)16-29-12-6-10-21(29)31/h2-4,7-8,19H,5-6,9-16H2,1H3/t19-/m0/s1. The number of hydrogen-bond donors (Lipinski definition) is 0. The number of piperidine rings is 1. The van der Waals surface area contributed by atoms with E-state index in [-0.39, 0.29) is 30.2 Å². The van der Waals surface area contributed by atoms with E-state index in [1.165, 1.54) is 0 Å². The maximum absolute atomic E-state index is 12.9. The molecule has 2 aromatic rings. The Hall–Kier alpha value is -3.29. The van der Waals surface area contributed by atoms with Gasteiger partial charge in [-0.25, -0.2) is 9.97 Å². The number of carbonyl (C=O) groups is 3. The second kappa shape index (κ2) is 8.92. The van der Waals surface area contributed by atoms with Crippen LogP contribution in [0.4, 0.5) is 5.82 Å². The van der Waals surface area contributed by atoms with E-state index in [0.717, 1.165) is 36.1 Å². The predicted molar refractivity (Wildman–Crippen MR) is 122 cm³/mol. The number of fused-ring (bicyclic) bond motifs is 1. The molecule has 5 rings (SSSR count). The largest absolute Gasteiger partial charge is 0.340 e. The normalized spacial score (nSPS) is 20.5. The number of rotatable bonds is 5. The molecule has 2 saturated heterocycles. The van der Waals surface area contributed by atoms with Crippen molar-refractivity contribution in [1.82, 2.24) is 19.8 Å². The molecule has 0 aliphatic carbocycles. The lowest BCUT2D eigenvalue weighted by Crippen LogP contribution is -2.45. The van der Waals surface area contributed by atoms with Crippen molar-refractivity contribution in [3.05, 3.63) is 53.0 Å². The van der Waals surface area contributed by atoms with E-state index in [2.05, 4.69) is 0 Å². The van der Waals surface area contributed by atoms with E-state index >= 15 is 0 Å². The zero-order chi connectivity index (χ0) is 22.9. The number of hydrogen-bond acceptors (Lipinski definition) is 5. The van der Waals surface area contributed by atoms with Crippen LogP contribution in [-0.4, -0.2) is 63.7 Å². The highest BCUT2D eigenvalue weighted by molar-refractivity contribution is 6.00. The van der Waals surface area contributed by atoms with Crippen LogP contribution in [0.1, 0.15) is 54.2 Å². The van der Waals surface area contributed by atoms with E-state index in [4.69, 9.17) is 9.97 Å². The summed E-state index contributed by atoms with van der Waals surface area (Å²) in [4.78, 5) is 52.5. The lowest BCUT2D eigenvalue weighted by atomic mass is 9.96. The van der Waals surface area contributed by atoms with Crippen LogP contribution in [0.2, 0.25) is 0 Å². The number of aromatic nitrogens is 2. The number of benzene rings is 1. The van der Waals surface area contributed by atoms with Gasteiger partial charge in [-0.3, -0.25) is 19.3 Å². The topological polar surface area (TPSA) is 86.7 Å². The van der Waals surface area contributed by atoms with E-state index in [1.54, 1.807) is 9.80 Å². The summed E-state index contributed by atoms with van der Waals surface area (Å²) in [6, 6.07) is 9.92. The fourth-order valence-corrected chi connectivity index (χ4v) is 5.06. The summed E-state index contributed by atoms with van der Waals surface area (Å²) >= 11 is 0. The van der Waals surface area contributed by atoms with Crippen LogP contribution in [0.3, 0.4) is 0 Å². The Balaban J connectivity index is 1.34. The van der Waals surface area contributed by atoms with Gasteiger partial charge in [0.1, 0.15) is 11.6 Å². The first-order valence-electron chi connectivity index (χ1n) is 11.8. The summed E-state index contributed by atoms with van der Waals surface area (Å²) in [5.41, 5.74) is 2.79. The van der Waals surface area contributed by atoms with Gasteiger partial charge in [-0.05, 0) is 31.7 Å². The highest BCUT2D eigenvalue weighted by Crippen LogP contribution is 2.33. The Morgan fingerprint density at radius 3 is 2.64 bits per heavy atom. The lowest BCUT2D eigenvalue weighted by Gasteiger charge is -2.33. The van der Waals surface area contributed by atoms with Gasteiger partial charge >= 0.3 is 0 Å². The van der Waals surface area contributed by atoms with Crippen molar-refractivity contribution in [1.29, 1.82) is 0 Å². The van der Waals surface area contributed by atoms with Crippen molar-refractivity contribution >= 4 is 23.5 Å². The third-order valence-corrected chi connectivity index (χ3v) is 6.91. The molecule has 8 heteroatoms. The fraction of sp³-hybridized carbons (Fsp3) is 0.480. The fourth-order valence-electron chi connectivity index (χ4n) is 5.06. The van der Waals surface area contributed by atoms with Crippen molar-refractivity contribution < 1.29 is 14.4 Å². The second-order valence-electron chi connectivity index (χ2n) is 9.21. The Kier molecular flexibility index (Phi) is 5.83. The zero-order valence-corrected chi connectivity index (χ0v) is 19.0. The predicted octanol–water partition coefficient (Wildman–Crippen LogP) is 2.20. The molecule has 33 heavy (non-hydrogen) atoms. The Bertz CT molecular complexity index is 1090. The van der Waals surface area contributed by atoms with Crippen molar-refractivity contribution in [3.8, 4) is 0 Å². The van der Waals surface area contributed by atoms with Gasteiger partial charge in [0.2, 0.25) is 17.7 Å². The molecule has 3 aliphatic heterocycles. The number of carbonyl (C=O) groups excluding carboxylic acids is 3. The van der Waals surface area contributed by atoms with Crippen LogP contribution >= 0.6 is 0 Å². The molecule has 0 saturated carbocycles. The molecule has 4 heterocycles. The van der Waals surface area contributed by atoms with Gasteiger partial charge in [0.15, 0.2) is 0 Å². The third-order valence-electron chi connectivity index (χ3n) is 6.91. The van der Waals surface area contributed by atoms with Crippen LogP contribution in [0.15, 0.2) is 30.3 Å². The minimum atomic E-state index is -0.00582. The SMILES string of the molecule is Cc1nc([C@H]2CCCN(C(=O)CN3CCCC3=O)C2)nc2c1CC(=O)N2Cc1ccccc1. The molecule has 8 nitrogen and oxygen atoms in total. The van der Waals surface area contributed by atoms with Crippen LogP contribution in [0, 0.1) is 6.92 Å². The molecule has 2 fully saturated rings. The first-order chi connectivity index (χ1) is 16.0. The van der Waals surface area contributed by atoms with Gasteiger partial charge in [0, 0.05) is 43.2 Å². The minimum Gasteiger partial charge on any atom is -0.340 e. The number of amides is 3. The van der Waals surface area contributed by atoms with Crippen molar-refractivity contribution in [2.75, 3.05) is 31.1 Å². The van der Waals surface area contributed by atoms with Gasteiger partial charge in [-0.1, -0.05) is 30.3 Å². The Labute approximate surface area is 193 Å². The van der Waals surface area contributed by atoms with Crippen LogP contribution in [0.25, 0.3) is 0 Å². The zero-order valence-electron chi connectivity index (χ0n) is 19.0. The Morgan fingerprint density at radius 1 is 1.06 bits per heavy atom. The second-order valence-corrected chi connectivity index (χ2v) is 9.21. The summed E-state index contributed by atoms with van der Waals surface area (Å²) < 4.78 is 0. The maximum atomic E-state index is 12.9. The van der Waals surface area contributed by atoms with E-state index in [9.17, 15) is 14.4 Å². The van der Waals surface area contributed by atoms with E-state index in [1.807, 2.05) is 42.2 Å². The summed E-state index contributed by atoms with van der Waals surface area (Å²) in [5, 5.41) is 0. The van der Waals surface area contributed by atoms with Gasteiger partial charge in [0.25, 0.3) is 0 Å². The average molecular weight is 448 g/mol. The summed E-state index contributed by atoms with van der Waals surface area (Å²) in [7, 11) is 0. The average Bonchev–Trinajstić information content (AvgIpc) is 3.37. The van der Waals surface area contributed by atoms with Crippen LogP contribution in [-0.2, 0) is 27.3 Å². The molecular formula is C25H29N5O3. The lowest BCUT2D eigenvalue weighted by molar-refractivity contribution is -0.139. The van der Waals surface area contributed by atoms with E-state index < -0.39 is 0 Å². The van der Waals surface area contributed by atoms with Crippen molar-refractivity contribution in [2.24, 2.45) is 0 Å². The highest BCUT2D eigenvalue weighted by atomic mass is 16.2. The summed E-state index contributed by atoms with van der Waals surface area (Å²) in [6.45, 7) is 4.50. The number of likely N-dealkylation sites (tertiary alicyclic amines) is 2.